The van der Waals surface area contributed by atoms with Crippen LogP contribution in [0.15, 0.2) is 0 Å². The third-order valence-corrected chi connectivity index (χ3v) is 1.90. The van der Waals surface area contributed by atoms with Gasteiger partial charge in [0.1, 0.15) is 0 Å². The molecule has 0 aliphatic carbocycles. The van der Waals surface area contributed by atoms with Crippen molar-refractivity contribution < 1.29 is 9.59 Å². The topological polar surface area (TPSA) is 37.4 Å². The van der Waals surface area contributed by atoms with Gasteiger partial charge in [0.15, 0.2) is 0 Å². The van der Waals surface area contributed by atoms with Crippen molar-refractivity contribution in [1.29, 1.82) is 0 Å². The van der Waals surface area contributed by atoms with Gasteiger partial charge in [-0.2, -0.15) is 0 Å². The summed E-state index contributed by atoms with van der Waals surface area (Å²) < 4.78 is 0. The number of amides is 1. The number of hydrogen-bond acceptors (Lipinski definition) is 2. The first-order valence-corrected chi connectivity index (χ1v) is 3.42. The van der Waals surface area contributed by atoms with Crippen molar-refractivity contribution in [2.75, 3.05) is 13.6 Å². The smallest absolute Gasteiger partial charge is 0.289 e. The second-order valence-corrected chi connectivity index (χ2v) is 2.78. The highest BCUT2D eigenvalue weighted by Crippen LogP contribution is 2.11. The number of Topliss-reactive ketones (excluding diaryl/α,β-unsaturated/α-hetero) is 1. The van der Waals surface area contributed by atoms with E-state index in [0.717, 1.165) is 6.42 Å². The van der Waals surface area contributed by atoms with Crippen molar-refractivity contribution in [3.8, 4) is 0 Å². The zero-order valence-corrected chi connectivity index (χ0v) is 6.26. The molecule has 0 radical (unpaired) electrons. The maximum Gasteiger partial charge on any atom is 0.289 e. The van der Waals surface area contributed by atoms with Gasteiger partial charge in [-0.1, -0.05) is 6.92 Å². The number of hydrogen-bond donors (Lipinski definition) is 0. The number of likely N-dealkylation sites (tertiary alicyclic amines) is 1. The van der Waals surface area contributed by atoms with Crippen LogP contribution in [0.5, 0.6) is 0 Å². The van der Waals surface area contributed by atoms with Gasteiger partial charge in [-0.3, -0.25) is 9.59 Å². The fraction of sp³-hybridized carbons (Fsp3) is 0.714. The number of nitrogens with zero attached hydrogens (tertiary/aromatic N) is 1. The molecule has 3 nitrogen and oxygen atoms in total. The molecular weight excluding hydrogens is 130 g/mol. The second kappa shape index (κ2) is 2.40. The third kappa shape index (κ3) is 1.03. The van der Waals surface area contributed by atoms with Crippen LogP contribution >= 0.6 is 0 Å². The van der Waals surface area contributed by atoms with Crippen LogP contribution in [0.3, 0.4) is 0 Å². The zero-order chi connectivity index (χ0) is 7.72. The largest absolute Gasteiger partial charge is 0.339 e. The van der Waals surface area contributed by atoms with Gasteiger partial charge in [-0.25, -0.2) is 0 Å². The van der Waals surface area contributed by atoms with Crippen molar-refractivity contribution in [3.63, 3.8) is 0 Å². The molecule has 0 aromatic heterocycles. The van der Waals surface area contributed by atoms with Crippen molar-refractivity contribution in [1.82, 2.24) is 4.90 Å². The van der Waals surface area contributed by atoms with E-state index in [2.05, 4.69) is 0 Å². The first-order chi connectivity index (χ1) is 4.63. The van der Waals surface area contributed by atoms with Crippen LogP contribution in [0.4, 0.5) is 0 Å². The summed E-state index contributed by atoms with van der Waals surface area (Å²) >= 11 is 0. The summed E-state index contributed by atoms with van der Waals surface area (Å²) in [7, 11) is 1.66. The highest BCUT2D eigenvalue weighted by molar-refractivity contribution is 6.37. The van der Waals surface area contributed by atoms with Crippen molar-refractivity contribution in [3.05, 3.63) is 0 Å². The van der Waals surface area contributed by atoms with Crippen molar-refractivity contribution in [2.24, 2.45) is 5.92 Å². The SMILES string of the molecule is CC1CCN(C)C(=O)C1=O. The lowest BCUT2D eigenvalue weighted by atomic mass is 9.98. The average molecular weight is 141 g/mol. The fourth-order valence-electron chi connectivity index (χ4n) is 1.02. The van der Waals surface area contributed by atoms with E-state index in [1.165, 1.54) is 4.90 Å². The molecule has 0 spiro atoms. The van der Waals surface area contributed by atoms with Gasteiger partial charge >= 0.3 is 0 Å². The van der Waals surface area contributed by atoms with E-state index in [1.807, 2.05) is 0 Å². The second-order valence-electron chi connectivity index (χ2n) is 2.78. The fourth-order valence-corrected chi connectivity index (χ4v) is 1.02. The van der Waals surface area contributed by atoms with Crippen LogP contribution in [-0.4, -0.2) is 30.2 Å². The normalized spacial score (nSPS) is 27.4. The lowest BCUT2D eigenvalue weighted by molar-refractivity contribution is -0.148. The predicted octanol–water partition coefficient (Wildman–Crippen LogP) is 0.0537. The number of likely N-dealkylation sites (N-methyl/N-ethyl adjacent to an activating group) is 1. The molecule has 3 heteroatoms. The standard InChI is InChI=1S/C7H11NO2/c1-5-3-4-8(2)7(10)6(5)9/h5H,3-4H2,1-2H3. The van der Waals surface area contributed by atoms with Crippen molar-refractivity contribution >= 4 is 11.7 Å². The predicted molar refractivity (Wildman–Crippen MR) is 36.4 cm³/mol. The van der Waals surface area contributed by atoms with Crippen LogP contribution in [0.25, 0.3) is 0 Å². The first kappa shape index (κ1) is 7.25. The Balaban J connectivity index is 2.70. The molecule has 10 heavy (non-hydrogen) atoms. The summed E-state index contributed by atoms with van der Waals surface area (Å²) in [6.07, 6.45) is 0.807. The highest BCUT2D eigenvalue weighted by atomic mass is 16.2. The maximum absolute atomic E-state index is 10.9. The summed E-state index contributed by atoms with van der Waals surface area (Å²) in [5.74, 6) is -0.642. The van der Waals surface area contributed by atoms with Crippen LogP contribution in [-0.2, 0) is 9.59 Å². The molecule has 1 unspecified atom stereocenters. The molecule has 0 saturated carbocycles. The van der Waals surface area contributed by atoms with E-state index in [-0.39, 0.29) is 17.6 Å². The summed E-state index contributed by atoms with van der Waals surface area (Å²) in [5, 5.41) is 0. The minimum Gasteiger partial charge on any atom is -0.339 e. The molecule has 56 valence electrons. The molecule has 1 saturated heterocycles. The molecule has 0 aromatic carbocycles. The number of carbonyl (C=O) groups is 2. The minimum absolute atomic E-state index is 0.0660. The minimum atomic E-state index is -0.334. The number of piperidine rings is 1. The lowest BCUT2D eigenvalue weighted by Gasteiger charge is -2.24. The van der Waals surface area contributed by atoms with E-state index in [9.17, 15) is 9.59 Å². The molecule has 1 atom stereocenters. The van der Waals surface area contributed by atoms with E-state index in [1.54, 1.807) is 14.0 Å². The van der Waals surface area contributed by atoms with Gasteiger partial charge in [-0.05, 0) is 6.42 Å². The average Bonchev–Trinajstić information content (AvgIpc) is 1.93. The molecule has 0 aromatic rings. The summed E-state index contributed by atoms with van der Waals surface area (Å²) in [5.41, 5.74) is 0. The van der Waals surface area contributed by atoms with E-state index < -0.39 is 0 Å². The first-order valence-electron chi connectivity index (χ1n) is 3.42. The van der Waals surface area contributed by atoms with Gasteiger partial charge < -0.3 is 4.90 Å². The summed E-state index contributed by atoms with van der Waals surface area (Å²) in [4.78, 5) is 23.3. The molecule has 0 bridgehead atoms. The Morgan fingerprint density at radius 1 is 1.50 bits per heavy atom. The van der Waals surface area contributed by atoms with Gasteiger partial charge in [0.25, 0.3) is 5.91 Å². The number of rotatable bonds is 0. The monoisotopic (exact) mass is 141 g/mol. The summed E-state index contributed by atoms with van der Waals surface area (Å²) in [6, 6.07) is 0. The van der Waals surface area contributed by atoms with Crippen molar-refractivity contribution in [2.45, 2.75) is 13.3 Å². The van der Waals surface area contributed by atoms with Crippen LogP contribution in [0.1, 0.15) is 13.3 Å². The Morgan fingerprint density at radius 2 is 2.10 bits per heavy atom. The number of ketones is 1. The Labute approximate surface area is 60.0 Å². The zero-order valence-electron chi connectivity index (χ0n) is 6.26. The molecule has 1 amide bonds. The third-order valence-electron chi connectivity index (χ3n) is 1.90. The molecule has 1 aliphatic rings. The van der Waals surface area contributed by atoms with Crippen LogP contribution in [0, 0.1) is 5.92 Å². The molecule has 1 aliphatic heterocycles. The van der Waals surface area contributed by atoms with E-state index in [0.29, 0.717) is 6.54 Å². The lowest BCUT2D eigenvalue weighted by Crippen LogP contribution is -2.42. The Bertz CT molecular complexity index is 156. The van der Waals surface area contributed by atoms with Gasteiger partial charge in [0.05, 0.1) is 0 Å². The Hall–Kier alpha value is -0.860. The Morgan fingerprint density at radius 3 is 2.60 bits per heavy atom. The molecular formula is C7H11NO2. The quantitative estimate of drug-likeness (QED) is 0.447. The van der Waals surface area contributed by atoms with Crippen LogP contribution in [0.2, 0.25) is 0 Å². The van der Waals surface area contributed by atoms with E-state index in [4.69, 9.17) is 0 Å². The van der Waals surface area contributed by atoms with Gasteiger partial charge in [-0.15, -0.1) is 0 Å². The molecule has 0 N–H and O–H groups in total. The Kier molecular flexibility index (Phi) is 1.74. The molecule has 1 fully saturated rings. The molecule has 1 heterocycles. The van der Waals surface area contributed by atoms with Crippen LogP contribution < -0.4 is 0 Å². The van der Waals surface area contributed by atoms with Gasteiger partial charge in [0.2, 0.25) is 5.78 Å². The molecule has 1 rings (SSSR count). The van der Waals surface area contributed by atoms with Gasteiger partial charge in [0, 0.05) is 19.5 Å². The summed E-state index contributed by atoms with van der Waals surface area (Å²) in [6.45, 7) is 2.51. The number of carbonyl (C=O) groups excluding carboxylic acids is 2. The maximum atomic E-state index is 10.9. The highest BCUT2D eigenvalue weighted by Gasteiger charge is 2.29. The van der Waals surface area contributed by atoms with E-state index >= 15 is 0 Å².